The fourth-order valence-electron chi connectivity index (χ4n) is 2.18. The van der Waals surface area contributed by atoms with Gasteiger partial charge in [-0.2, -0.15) is 0 Å². The second-order valence-corrected chi connectivity index (χ2v) is 6.60. The van der Waals surface area contributed by atoms with Crippen LogP contribution in [0.2, 0.25) is 5.02 Å². The lowest BCUT2D eigenvalue weighted by molar-refractivity contribution is 0.187. The van der Waals surface area contributed by atoms with Gasteiger partial charge in [0.2, 0.25) is 0 Å². The summed E-state index contributed by atoms with van der Waals surface area (Å²) in [5.74, 6) is 1.11. The van der Waals surface area contributed by atoms with E-state index in [1.807, 2.05) is 0 Å². The Labute approximate surface area is 138 Å². The molecular weight excluding hydrogens is 298 g/mol. The molecule has 0 amide bonds. The second-order valence-electron chi connectivity index (χ2n) is 6.16. The molecule has 2 unspecified atom stereocenters. The third-order valence-electron chi connectivity index (χ3n) is 3.50. The summed E-state index contributed by atoms with van der Waals surface area (Å²) in [7, 11) is 0. The zero-order chi connectivity index (χ0) is 16.5. The van der Waals surface area contributed by atoms with Crippen molar-refractivity contribution in [2.75, 3.05) is 6.54 Å². The highest BCUT2D eigenvalue weighted by Crippen LogP contribution is 2.16. The Morgan fingerprint density at radius 1 is 1.23 bits per heavy atom. The maximum atomic E-state index is 10.1. The van der Waals surface area contributed by atoms with E-state index in [4.69, 9.17) is 17.3 Å². The number of aliphatic imine (C=N–C) groups is 1. The summed E-state index contributed by atoms with van der Waals surface area (Å²) >= 11 is 5.82. The first-order valence-electron chi connectivity index (χ1n) is 7.88. The van der Waals surface area contributed by atoms with E-state index in [1.54, 1.807) is 24.3 Å². The van der Waals surface area contributed by atoms with Crippen molar-refractivity contribution in [3.63, 3.8) is 0 Å². The van der Waals surface area contributed by atoms with Gasteiger partial charge in [0, 0.05) is 11.1 Å². The molecule has 5 heteroatoms. The molecule has 0 aliphatic carbocycles. The molecule has 1 rings (SSSR count). The van der Waals surface area contributed by atoms with E-state index < -0.39 is 6.10 Å². The molecule has 2 atom stereocenters. The minimum atomic E-state index is -0.672. The van der Waals surface area contributed by atoms with Crippen LogP contribution in [0.4, 0.5) is 0 Å². The summed E-state index contributed by atoms with van der Waals surface area (Å²) in [6.07, 6.45) is 2.78. The molecule has 0 aliphatic heterocycles. The third kappa shape index (κ3) is 7.66. The third-order valence-corrected chi connectivity index (χ3v) is 3.75. The van der Waals surface area contributed by atoms with E-state index in [9.17, 15) is 5.11 Å². The van der Waals surface area contributed by atoms with Crippen molar-refractivity contribution in [1.82, 2.24) is 5.32 Å². The lowest BCUT2D eigenvalue weighted by Crippen LogP contribution is -2.38. The predicted octanol–water partition coefficient (Wildman–Crippen LogP) is 3.49. The number of rotatable bonds is 8. The molecule has 22 heavy (non-hydrogen) atoms. The highest BCUT2D eigenvalue weighted by molar-refractivity contribution is 6.30. The summed E-state index contributed by atoms with van der Waals surface area (Å²) in [6.45, 7) is 6.79. The molecule has 0 bridgehead atoms. The average Bonchev–Trinajstić information content (AvgIpc) is 2.45. The van der Waals surface area contributed by atoms with Crippen molar-refractivity contribution >= 4 is 17.6 Å². The SMILES string of the molecule is CC(C)CCCC(C)NC(N)=NCC(O)c1ccc(Cl)cc1. The molecule has 0 fully saturated rings. The van der Waals surface area contributed by atoms with Gasteiger partial charge in [0.15, 0.2) is 5.96 Å². The largest absolute Gasteiger partial charge is 0.386 e. The van der Waals surface area contributed by atoms with Crippen molar-refractivity contribution in [2.24, 2.45) is 16.6 Å². The number of nitrogens with two attached hydrogens (primary N) is 1. The molecule has 124 valence electrons. The van der Waals surface area contributed by atoms with Crippen LogP contribution in [0.3, 0.4) is 0 Å². The predicted molar refractivity (Wildman–Crippen MR) is 94.2 cm³/mol. The Kier molecular flexibility index (Phi) is 8.28. The van der Waals surface area contributed by atoms with Crippen LogP contribution in [-0.4, -0.2) is 23.7 Å². The normalized spacial score (nSPS) is 14.9. The monoisotopic (exact) mass is 325 g/mol. The van der Waals surface area contributed by atoms with Gasteiger partial charge in [-0.25, -0.2) is 0 Å². The van der Waals surface area contributed by atoms with E-state index in [2.05, 4.69) is 31.1 Å². The van der Waals surface area contributed by atoms with Crippen molar-refractivity contribution in [3.05, 3.63) is 34.9 Å². The van der Waals surface area contributed by atoms with Gasteiger partial charge >= 0.3 is 0 Å². The molecule has 0 heterocycles. The summed E-state index contributed by atoms with van der Waals surface area (Å²) < 4.78 is 0. The van der Waals surface area contributed by atoms with E-state index in [0.717, 1.165) is 17.9 Å². The topological polar surface area (TPSA) is 70.6 Å². The number of aliphatic hydroxyl groups excluding tert-OH is 1. The Morgan fingerprint density at radius 2 is 1.86 bits per heavy atom. The number of nitrogens with zero attached hydrogens (tertiary/aromatic N) is 1. The molecule has 0 radical (unpaired) electrons. The van der Waals surface area contributed by atoms with Crippen molar-refractivity contribution in [1.29, 1.82) is 0 Å². The molecule has 4 nitrogen and oxygen atoms in total. The first kappa shape index (κ1) is 18.8. The molecule has 0 saturated carbocycles. The summed E-state index contributed by atoms with van der Waals surface area (Å²) in [4.78, 5) is 4.21. The molecule has 0 aliphatic rings. The number of guanidine groups is 1. The number of benzene rings is 1. The molecule has 1 aromatic rings. The van der Waals surface area contributed by atoms with Gasteiger partial charge < -0.3 is 16.2 Å². The van der Waals surface area contributed by atoms with Crippen molar-refractivity contribution in [2.45, 2.75) is 52.2 Å². The van der Waals surface area contributed by atoms with E-state index >= 15 is 0 Å². The number of aliphatic hydroxyl groups is 1. The van der Waals surface area contributed by atoms with Gasteiger partial charge in [0.25, 0.3) is 0 Å². The maximum Gasteiger partial charge on any atom is 0.188 e. The number of nitrogens with one attached hydrogen (secondary N) is 1. The summed E-state index contributed by atoms with van der Waals surface area (Å²) in [5, 5.41) is 13.9. The Bertz CT molecular complexity index is 459. The number of hydrogen-bond donors (Lipinski definition) is 3. The highest BCUT2D eigenvalue weighted by atomic mass is 35.5. The van der Waals surface area contributed by atoms with Gasteiger partial charge in [-0.05, 0) is 37.0 Å². The molecule has 0 spiro atoms. The van der Waals surface area contributed by atoms with Crippen LogP contribution >= 0.6 is 11.6 Å². The van der Waals surface area contributed by atoms with E-state index in [1.165, 1.54) is 12.8 Å². The standard InChI is InChI=1S/C17H28ClN3O/c1-12(2)5-4-6-13(3)21-17(19)20-11-16(22)14-7-9-15(18)10-8-14/h7-10,12-13,16,22H,4-6,11H2,1-3H3,(H3,19,20,21). The van der Waals surface area contributed by atoms with Crippen LogP contribution in [0, 0.1) is 5.92 Å². The van der Waals surface area contributed by atoms with Crippen LogP contribution in [0.1, 0.15) is 51.7 Å². The van der Waals surface area contributed by atoms with Gasteiger partial charge in [-0.3, -0.25) is 4.99 Å². The average molecular weight is 326 g/mol. The lowest BCUT2D eigenvalue weighted by Gasteiger charge is -2.15. The van der Waals surface area contributed by atoms with E-state index in [-0.39, 0.29) is 12.6 Å². The van der Waals surface area contributed by atoms with Crippen LogP contribution in [-0.2, 0) is 0 Å². The van der Waals surface area contributed by atoms with Gasteiger partial charge in [-0.1, -0.05) is 50.4 Å². The van der Waals surface area contributed by atoms with Crippen LogP contribution in [0.5, 0.6) is 0 Å². The lowest BCUT2D eigenvalue weighted by atomic mass is 10.0. The highest BCUT2D eigenvalue weighted by Gasteiger charge is 2.08. The Morgan fingerprint density at radius 3 is 2.45 bits per heavy atom. The zero-order valence-corrected chi connectivity index (χ0v) is 14.5. The van der Waals surface area contributed by atoms with Crippen molar-refractivity contribution < 1.29 is 5.11 Å². The van der Waals surface area contributed by atoms with Crippen LogP contribution < -0.4 is 11.1 Å². The fraction of sp³-hybridized carbons (Fsp3) is 0.588. The fourth-order valence-corrected chi connectivity index (χ4v) is 2.30. The number of hydrogen-bond acceptors (Lipinski definition) is 2. The van der Waals surface area contributed by atoms with Crippen LogP contribution in [0.15, 0.2) is 29.3 Å². The molecule has 0 saturated heterocycles. The maximum absolute atomic E-state index is 10.1. The molecule has 0 aromatic heterocycles. The Balaban J connectivity index is 2.36. The first-order chi connectivity index (χ1) is 10.4. The summed E-state index contributed by atoms with van der Waals surface area (Å²) in [5.41, 5.74) is 6.65. The molecular formula is C17H28ClN3O. The van der Waals surface area contributed by atoms with Crippen molar-refractivity contribution in [3.8, 4) is 0 Å². The molecule has 4 N–H and O–H groups in total. The quantitative estimate of drug-likeness (QED) is 0.506. The van der Waals surface area contributed by atoms with Crippen LogP contribution in [0.25, 0.3) is 0 Å². The number of halogens is 1. The first-order valence-corrected chi connectivity index (χ1v) is 8.26. The minimum Gasteiger partial charge on any atom is -0.386 e. The van der Waals surface area contributed by atoms with Gasteiger partial charge in [0.1, 0.15) is 0 Å². The minimum absolute atomic E-state index is 0.235. The Hall–Kier alpha value is -1.26. The zero-order valence-electron chi connectivity index (χ0n) is 13.7. The smallest absolute Gasteiger partial charge is 0.188 e. The van der Waals surface area contributed by atoms with E-state index in [0.29, 0.717) is 11.0 Å². The van der Waals surface area contributed by atoms with Gasteiger partial charge in [-0.15, -0.1) is 0 Å². The molecule has 1 aromatic carbocycles. The van der Waals surface area contributed by atoms with Gasteiger partial charge in [0.05, 0.1) is 12.6 Å². The summed E-state index contributed by atoms with van der Waals surface area (Å²) in [6, 6.07) is 7.38. The second kappa shape index (κ2) is 9.70.